The van der Waals surface area contributed by atoms with Gasteiger partial charge in [-0.3, -0.25) is 19.7 Å². The van der Waals surface area contributed by atoms with E-state index >= 15 is 0 Å². The number of nitro groups is 1. The highest BCUT2D eigenvalue weighted by Crippen LogP contribution is 2.38. The minimum absolute atomic E-state index is 0.158. The summed E-state index contributed by atoms with van der Waals surface area (Å²) in [6.45, 7) is 0. The Balaban J connectivity index is 1.92. The lowest BCUT2D eigenvalue weighted by atomic mass is 9.95. The van der Waals surface area contributed by atoms with Crippen LogP contribution < -0.4 is 11.1 Å². The van der Waals surface area contributed by atoms with Crippen molar-refractivity contribution in [1.82, 2.24) is 0 Å². The average molecular weight is 345 g/mol. The van der Waals surface area contributed by atoms with E-state index in [1.807, 2.05) is 0 Å². The monoisotopic (exact) mass is 345 g/mol. The third-order valence-electron chi connectivity index (χ3n) is 3.96. The lowest BCUT2D eigenvalue weighted by Gasteiger charge is -2.11. The van der Waals surface area contributed by atoms with Crippen molar-refractivity contribution < 1.29 is 14.5 Å². The first kappa shape index (κ1) is 16.1. The molecule has 0 fully saturated rings. The van der Waals surface area contributed by atoms with Crippen molar-refractivity contribution in [2.75, 3.05) is 5.32 Å². The largest absolute Gasteiger partial charge is 0.365 e. The first-order valence-corrected chi connectivity index (χ1v) is 8.29. The molecule has 3 rings (SSSR count). The van der Waals surface area contributed by atoms with Gasteiger partial charge in [0.2, 0.25) is 0 Å². The maximum atomic E-state index is 12.4. The second kappa shape index (κ2) is 6.40. The van der Waals surface area contributed by atoms with E-state index in [1.165, 1.54) is 35.6 Å². The van der Waals surface area contributed by atoms with Gasteiger partial charge in [-0.1, -0.05) is 6.07 Å². The number of amides is 2. The number of benzene rings is 1. The van der Waals surface area contributed by atoms with E-state index in [-0.39, 0.29) is 11.3 Å². The summed E-state index contributed by atoms with van der Waals surface area (Å²) in [5.74, 6) is -1.07. The Morgan fingerprint density at radius 3 is 2.71 bits per heavy atom. The molecule has 0 bridgehead atoms. The van der Waals surface area contributed by atoms with Crippen molar-refractivity contribution in [1.29, 1.82) is 0 Å². The quantitative estimate of drug-likeness (QED) is 0.654. The van der Waals surface area contributed by atoms with Crippen LogP contribution in [0.4, 0.5) is 10.7 Å². The minimum atomic E-state index is -0.566. The molecule has 1 aromatic heterocycles. The van der Waals surface area contributed by atoms with Gasteiger partial charge in [-0.05, 0) is 37.3 Å². The Hall–Kier alpha value is -2.74. The van der Waals surface area contributed by atoms with Gasteiger partial charge in [0, 0.05) is 22.6 Å². The molecule has 2 aromatic rings. The number of nitrogens with two attached hydrogens (primary N) is 1. The number of nitrogens with zero attached hydrogens (tertiary/aromatic N) is 1. The van der Waals surface area contributed by atoms with E-state index < -0.39 is 16.7 Å². The number of carbonyl (C=O) groups is 2. The van der Waals surface area contributed by atoms with Crippen molar-refractivity contribution in [3.63, 3.8) is 0 Å². The second-order valence-corrected chi connectivity index (χ2v) is 6.65. The summed E-state index contributed by atoms with van der Waals surface area (Å²) in [6.07, 6.45) is 3.68. The number of thiophene rings is 1. The predicted molar refractivity (Wildman–Crippen MR) is 90.5 cm³/mol. The molecule has 1 aromatic carbocycles. The molecule has 2 amide bonds. The molecule has 7 nitrogen and oxygen atoms in total. The molecule has 24 heavy (non-hydrogen) atoms. The number of nitro benzene ring substituents is 1. The van der Waals surface area contributed by atoms with Gasteiger partial charge in [-0.25, -0.2) is 0 Å². The van der Waals surface area contributed by atoms with Gasteiger partial charge in [-0.2, -0.15) is 0 Å². The first-order valence-electron chi connectivity index (χ1n) is 7.47. The van der Waals surface area contributed by atoms with Gasteiger partial charge in [0.15, 0.2) is 0 Å². The van der Waals surface area contributed by atoms with Gasteiger partial charge in [0.25, 0.3) is 17.5 Å². The summed E-state index contributed by atoms with van der Waals surface area (Å²) < 4.78 is 0. The van der Waals surface area contributed by atoms with E-state index in [0.717, 1.165) is 36.1 Å². The summed E-state index contributed by atoms with van der Waals surface area (Å²) >= 11 is 1.36. The van der Waals surface area contributed by atoms with Crippen LogP contribution in [0.25, 0.3) is 0 Å². The highest BCUT2D eigenvalue weighted by molar-refractivity contribution is 7.17. The molecule has 0 atom stereocenters. The fraction of sp³-hybridized carbons (Fsp3) is 0.250. The summed E-state index contributed by atoms with van der Waals surface area (Å²) in [5.41, 5.74) is 6.78. The lowest BCUT2D eigenvalue weighted by Crippen LogP contribution is -2.18. The third kappa shape index (κ3) is 3.00. The fourth-order valence-electron chi connectivity index (χ4n) is 2.85. The van der Waals surface area contributed by atoms with Crippen LogP contribution >= 0.6 is 11.3 Å². The van der Waals surface area contributed by atoms with Crippen LogP contribution in [-0.2, 0) is 12.8 Å². The van der Waals surface area contributed by atoms with E-state index in [0.29, 0.717) is 10.6 Å². The molecule has 0 spiro atoms. The number of primary amides is 1. The normalized spacial score (nSPS) is 13.2. The smallest absolute Gasteiger partial charge is 0.270 e. The van der Waals surface area contributed by atoms with E-state index in [9.17, 15) is 19.7 Å². The molecular formula is C16H15N3O4S. The highest BCUT2D eigenvalue weighted by Gasteiger charge is 2.25. The van der Waals surface area contributed by atoms with Crippen LogP contribution in [0.2, 0.25) is 0 Å². The highest BCUT2D eigenvalue weighted by atomic mass is 32.1. The summed E-state index contributed by atoms with van der Waals surface area (Å²) in [4.78, 5) is 35.5. The molecule has 0 aliphatic heterocycles. The van der Waals surface area contributed by atoms with Gasteiger partial charge in [0.05, 0.1) is 10.5 Å². The van der Waals surface area contributed by atoms with Crippen LogP contribution in [0, 0.1) is 10.1 Å². The molecule has 0 radical (unpaired) electrons. The van der Waals surface area contributed by atoms with Crippen LogP contribution in [-0.4, -0.2) is 16.7 Å². The lowest BCUT2D eigenvalue weighted by molar-refractivity contribution is -0.384. The molecule has 1 aliphatic rings. The number of hydrogen-bond acceptors (Lipinski definition) is 5. The zero-order valence-corrected chi connectivity index (χ0v) is 13.5. The third-order valence-corrected chi connectivity index (χ3v) is 5.17. The Morgan fingerprint density at radius 2 is 2.00 bits per heavy atom. The molecule has 1 heterocycles. The Morgan fingerprint density at radius 1 is 1.25 bits per heavy atom. The predicted octanol–water partition coefficient (Wildman–Crippen LogP) is 2.89. The molecule has 0 saturated heterocycles. The van der Waals surface area contributed by atoms with Crippen molar-refractivity contribution in [3.05, 3.63) is 55.9 Å². The molecular weight excluding hydrogens is 330 g/mol. The number of nitrogens with one attached hydrogen (secondary N) is 1. The molecule has 0 saturated carbocycles. The number of rotatable bonds is 4. The summed E-state index contributed by atoms with van der Waals surface area (Å²) in [7, 11) is 0. The van der Waals surface area contributed by atoms with Crippen molar-refractivity contribution in [2.45, 2.75) is 25.7 Å². The standard InChI is InChI=1S/C16H15N3O4S/c17-14(20)13-11-6-1-2-7-12(11)24-16(13)18-15(21)9-4-3-5-10(8-9)19(22)23/h3-5,8H,1-2,6-7H2,(H2,17,20)(H,18,21). The van der Waals surface area contributed by atoms with Crippen LogP contribution in [0.5, 0.6) is 0 Å². The minimum Gasteiger partial charge on any atom is -0.365 e. The summed E-state index contributed by atoms with van der Waals surface area (Å²) in [5, 5.41) is 13.9. The fourth-order valence-corrected chi connectivity index (χ4v) is 4.14. The second-order valence-electron chi connectivity index (χ2n) is 5.54. The van der Waals surface area contributed by atoms with Crippen LogP contribution in [0.1, 0.15) is 44.0 Å². The zero-order chi connectivity index (χ0) is 17.3. The van der Waals surface area contributed by atoms with Crippen molar-refractivity contribution in [3.8, 4) is 0 Å². The van der Waals surface area contributed by atoms with Gasteiger partial charge >= 0.3 is 0 Å². The van der Waals surface area contributed by atoms with Gasteiger partial charge in [0.1, 0.15) is 5.00 Å². The molecule has 0 unspecified atom stereocenters. The van der Waals surface area contributed by atoms with Gasteiger partial charge < -0.3 is 11.1 Å². The SMILES string of the molecule is NC(=O)c1c(NC(=O)c2cccc([N+](=O)[O-])c2)sc2c1CCCC2. The number of carbonyl (C=O) groups excluding carboxylic acids is 2. The maximum Gasteiger partial charge on any atom is 0.270 e. The number of hydrogen-bond donors (Lipinski definition) is 2. The average Bonchev–Trinajstić information content (AvgIpc) is 2.92. The Kier molecular flexibility index (Phi) is 4.30. The Labute approximate surface area is 141 Å². The summed E-state index contributed by atoms with van der Waals surface area (Å²) in [6, 6.07) is 5.45. The topological polar surface area (TPSA) is 115 Å². The van der Waals surface area contributed by atoms with Crippen molar-refractivity contribution in [2.24, 2.45) is 5.73 Å². The van der Waals surface area contributed by atoms with Crippen molar-refractivity contribution >= 4 is 33.8 Å². The first-order chi connectivity index (χ1) is 11.5. The number of fused-ring (bicyclic) bond motifs is 1. The maximum absolute atomic E-state index is 12.4. The number of aryl methyl sites for hydroxylation is 1. The molecule has 1 aliphatic carbocycles. The van der Waals surface area contributed by atoms with Gasteiger partial charge in [-0.15, -0.1) is 11.3 Å². The Bertz CT molecular complexity index is 844. The van der Waals surface area contributed by atoms with Crippen LogP contribution in [0.3, 0.4) is 0 Å². The van der Waals surface area contributed by atoms with E-state index in [4.69, 9.17) is 5.73 Å². The van der Waals surface area contributed by atoms with Crippen LogP contribution in [0.15, 0.2) is 24.3 Å². The van der Waals surface area contributed by atoms with E-state index in [1.54, 1.807) is 0 Å². The van der Waals surface area contributed by atoms with E-state index in [2.05, 4.69) is 5.32 Å². The molecule has 3 N–H and O–H groups in total. The number of anilines is 1. The zero-order valence-electron chi connectivity index (χ0n) is 12.7. The molecule has 124 valence electrons. The number of non-ortho nitro benzene ring substituents is 1. The molecule has 8 heteroatoms.